The predicted molar refractivity (Wildman–Crippen MR) is 98.6 cm³/mol. The van der Waals surface area contributed by atoms with Crippen LogP contribution in [-0.4, -0.2) is 30.4 Å². The van der Waals surface area contributed by atoms with E-state index in [-0.39, 0.29) is 12.5 Å². The molecular formula is C21H25NO3. The Kier molecular flexibility index (Phi) is 5.97. The van der Waals surface area contributed by atoms with Crippen molar-refractivity contribution in [2.75, 3.05) is 13.7 Å². The SMILES string of the molecule is Cc1cc(C)c(C(=O)OCC(=O)N(C)Cc2ccccc2C)c(C)c1. The van der Waals surface area contributed by atoms with Gasteiger partial charge in [0.1, 0.15) is 0 Å². The molecule has 0 unspecified atom stereocenters. The maximum atomic E-state index is 12.3. The van der Waals surface area contributed by atoms with Crippen LogP contribution >= 0.6 is 0 Å². The minimum absolute atomic E-state index is 0.223. The minimum atomic E-state index is -0.451. The highest BCUT2D eigenvalue weighted by molar-refractivity contribution is 5.94. The summed E-state index contributed by atoms with van der Waals surface area (Å²) >= 11 is 0. The second-order valence-corrected chi connectivity index (χ2v) is 6.53. The van der Waals surface area contributed by atoms with E-state index < -0.39 is 5.97 Å². The van der Waals surface area contributed by atoms with Gasteiger partial charge in [-0.25, -0.2) is 4.79 Å². The molecule has 132 valence electrons. The lowest BCUT2D eigenvalue weighted by atomic mass is 10.00. The van der Waals surface area contributed by atoms with Crippen LogP contribution in [0.1, 0.15) is 38.2 Å². The second-order valence-electron chi connectivity index (χ2n) is 6.53. The van der Waals surface area contributed by atoms with Gasteiger partial charge >= 0.3 is 5.97 Å². The molecule has 2 aromatic rings. The van der Waals surface area contributed by atoms with Crippen molar-refractivity contribution in [1.29, 1.82) is 0 Å². The zero-order valence-electron chi connectivity index (χ0n) is 15.6. The number of nitrogens with zero attached hydrogens (tertiary/aromatic N) is 1. The van der Waals surface area contributed by atoms with Gasteiger partial charge in [-0.1, -0.05) is 42.0 Å². The molecule has 0 heterocycles. The third-order valence-corrected chi connectivity index (χ3v) is 4.30. The molecule has 1 amide bonds. The molecule has 0 spiro atoms. The van der Waals surface area contributed by atoms with Crippen molar-refractivity contribution in [1.82, 2.24) is 4.90 Å². The highest BCUT2D eigenvalue weighted by atomic mass is 16.5. The Labute approximate surface area is 149 Å². The van der Waals surface area contributed by atoms with Gasteiger partial charge in [0.15, 0.2) is 6.61 Å². The standard InChI is InChI=1S/C21H25NO3/c1-14-10-16(3)20(17(4)11-14)21(24)25-13-19(23)22(5)12-18-9-7-6-8-15(18)2/h6-11H,12-13H2,1-5H3. The summed E-state index contributed by atoms with van der Waals surface area (Å²) < 4.78 is 5.25. The van der Waals surface area contributed by atoms with Crippen LogP contribution in [0.3, 0.4) is 0 Å². The van der Waals surface area contributed by atoms with E-state index in [4.69, 9.17) is 4.74 Å². The van der Waals surface area contributed by atoms with Crippen LogP contribution in [0.25, 0.3) is 0 Å². The van der Waals surface area contributed by atoms with Crippen molar-refractivity contribution in [2.24, 2.45) is 0 Å². The number of ether oxygens (including phenoxy) is 1. The number of hydrogen-bond acceptors (Lipinski definition) is 3. The zero-order chi connectivity index (χ0) is 18.6. The maximum Gasteiger partial charge on any atom is 0.339 e. The molecule has 0 aromatic heterocycles. The van der Waals surface area contributed by atoms with E-state index in [1.54, 1.807) is 11.9 Å². The summed E-state index contributed by atoms with van der Waals surface area (Å²) in [7, 11) is 1.71. The van der Waals surface area contributed by atoms with Crippen LogP contribution in [0.15, 0.2) is 36.4 Å². The number of carbonyl (C=O) groups excluding carboxylic acids is 2. The molecule has 0 atom stereocenters. The fourth-order valence-electron chi connectivity index (χ4n) is 2.94. The van der Waals surface area contributed by atoms with Gasteiger partial charge in [-0.3, -0.25) is 4.79 Å². The van der Waals surface area contributed by atoms with E-state index in [0.717, 1.165) is 27.8 Å². The Morgan fingerprint density at radius 1 is 0.960 bits per heavy atom. The number of esters is 1. The number of hydrogen-bond donors (Lipinski definition) is 0. The molecule has 0 fully saturated rings. The lowest BCUT2D eigenvalue weighted by Gasteiger charge is -2.19. The molecule has 4 nitrogen and oxygen atoms in total. The summed E-state index contributed by atoms with van der Waals surface area (Å²) in [6.45, 7) is 7.99. The average Bonchev–Trinajstić information content (AvgIpc) is 2.53. The normalized spacial score (nSPS) is 10.4. The Balaban J connectivity index is 1.98. The van der Waals surface area contributed by atoms with E-state index in [0.29, 0.717) is 12.1 Å². The molecule has 25 heavy (non-hydrogen) atoms. The number of rotatable bonds is 5. The van der Waals surface area contributed by atoms with Crippen LogP contribution < -0.4 is 0 Å². The second kappa shape index (κ2) is 7.97. The van der Waals surface area contributed by atoms with E-state index in [1.165, 1.54) is 0 Å². The van der Waals surface area contributed by atoms with Gasteiger partial charge in [0.25, 0.3) is 5.91 Å². The largest absolute Gasteiger partial charge is 0.452 e. The van der Waals surface area contributed by atoms with Gasteiger partial charge in [0, 0.05) is 13.6 Å². The fourth-order valence-corrected chi connectivity index (χ4v) is 2.94. The first kappa shape index (κ1) is 18.7. The Hall–Kier alpha value is -2.62. The van der Waals surface area contributed by atoms with Crippen LogP contribution in [0.2, 0.25) is 0 Å². The van der Waals surface area contributed by atoms with Gasteiger partial charge in [-0.15, -0.1) is 0 Å². The molecule has 0 saturated heterocycles. The summed E-state index contributed by atoms with van der Waals surface area (Å²) in [6.07, 6.45) is 0. The molecule has 0 aliphatic carbocycles. The van der Waals surface area contributed by atoms with Crippen LogP contribution in [0.4, 0.5) is 0 Å². The van der Waals surface area contributed by atoms with Crippen molar-refractivity contribution in [3.63, 3.8) is 0 Å². The van der Waals surface area contributed by atoms with Crippen molar-refractivity contribution in [3.05, 3.63) is 69.8 Å². The molecule has 4 heteroatoms. The monoisotopic (exact) mass is 339 g/mol. The molecule has 0 radical (unpaired) electrons. The third-order valence-electron chi connectivity index (χ3n) is 4.30. The quantitative estimate of drug-likeness (QED) is 0.780. The van der Waals surface area contributed by atoms with Gasteiger partial charge in [-0.05, 0) is 49.9 Å². The van der Waals surface area contributed by atoms with E-state index in [2.05, 4.69) is 0 Å². The lowest BCUT2D eigenvalue weighted by Crippen LogP contribution is -2.31. The van der Waals surface area contributed by atoms with Gasteiger partial charge in [0.05, 0.1) is 5.56 Å². The predicted octanol–water partition coefficient (Wildman–Crippen LogP) is 3.74. The van der Waals surface area contributed by atoms with Crippen molar-refractivity contribution < 1.29 is 14.3 Å². The van der Waals surface area contributed by atoms with Crippen LogP contribution in [0.5, 0.6) is 0 Å². The Morgan fingerprint density at radius 3 is 2.16 bits per heavy atom. The zero-order valence-corrected chi connectivity index (χ0v) is 15.6. The van der Waals surface area contributed by atoms with Gasteiger partial charge < -0.3 is 9.64 Å². The number of amides is 1. The van der Waals surface area contributed by atoms with E-state index >= 15 is 0 Å². The summed E-state index contributed by atoms with van der Waals surface area (Å²) in [4.78, 5) is 26.2. The average molecular weight is 339 g/mol. The number of aryl methyl sites for hydroxylation is 4. The molecule has 0 bridgehead atoms. The topological polar surface area (TPSA) is 46.6 Å². The first-order valence-electron chi connectivity index (χ1n) is 8.33. The van der Waals surface area contributed by atoms with E-state index in [1.807, 2.05) is 64.1 Å². The lowest BCUT2D eigenvalue weighted by molar-refractivity contribution is -0.133. The molecule has 2 aromatic carbocycles. The summed E-state index contributed by atoms with van der Waals surface area (Å²) in [5.41, 5.74) is 5.58. The summed E-state index contributed by atoms with van der Waals surface area (Å²) in [5, 5.41) is 0. The molecule has 2 rings (SSSR count). The summed E-state index contributed by atoms with van der Waals surface area (Å²) in [5.74, 6) is -0.674. The highest BCUT2D eigenvalue weighted by Gasteiger charge is 2.17. The first-order valence-corrected chi connectivity index (χ1v) is 8.33. The molecule has 0 aliphatic rings. The minimum Gasteiger partial charge on any atom is -0.452 e. The smallest absolute Gasteiger partial charge is 0.339 e. The van der Waals surface area contributed by atoms with Crippen LogP contribution in [-0.2, 0) is 16.1 Å². The van der Waals surface area contributed by atoms with Gasteiger partial charge in [-0.2, -0.15) is 0 Å². The van der Waals surface area contributed by atoms with Crippen molar-refractivity contribution >= 4 is 11.9 Å². The third kappa shape index (κ3) is 4.69. The molecule has 0 saturated carbocycles. The van der Waals surface area contributed by atoms with Gasteiger partial charge in [0.2, 0.25) is 0 Å². The van der Waals surface area contributed by atoms with E-state index in [9.17, 15) is 9.59 Å². The molecule has 0 aliphatic heterocycles. The highest BCUT2D eigenvalue weighted by Crippen LogP contribution is 2.17. The molecule has 0 N–H and O–H groups in total. The number of likely N-dealkylation sites (N-methyl/N-ethyl adjacent to an activating group) is 1. The Morgan fingerprint density at radius 2 is 1.56 bits per heavy atom. The van der Waals surface area contributed by atoms with Crippen LogP contribution in [0, 0.1) is 27.7 Å². The number of benzene rings is 2. The molecular weight excluding hydrogens is 314 g/mol. The summed E-state index contributed by atoms with van der Waals surface area (Å²) in [6, 6.07) is 11.8. The number of carbonyl (C=O) groups is 2. The fraction of sp³-hybridized carbons (Fsp3) is 0.333. The van der Waals surface area contributed by atoms with Crippen molar-refractivity contribution in [2.45, 2.75) is 34.2 Å². The maximum absolute atomic E-state index is 12.3. The first-order chi connectivity index (χ1) is 11.8. The Bertz CT molecular complexity index is 772. The van der Waals surface area contributed by atoms with Crippen molar-refractivity contribution in [3.8, 4) is 0 Å².